The molecule has 7 nitrogen and oxygen atoms in total. The van der Waals surface area contributed by atoms with E-state index in [1.165, 1.54) is 21.9 Å². The number of rotatable bonds is 5. The molecule has 5 rings (SSSR count). The molecular weight excluding hydrogens is 562 g/mol. The Balaban J connectivity index is 1.40. The first kappa shape index (κ1) is 28.2. The zero-order valence-electron chi connectivity index (χ0n) is 20.6. The highest BCUT2D eigenvalue weighted by molar-refractivity contribution is 8.18. The number of aliphatic hydroxyl groups is 1. The summed E-state index contributed by atoms with van der Waals surface area (Å²) in [4.78, 5) is 27.2. The predicted molar refractivity (Wildman–Crippen MR) is 135 cm³/mol. The number of fused-ring (bicyclic) bond motifs is 1. The Kier molecular flexibility index (Phi) is 7.44. The van der Waals surface area contributed by atoms with E-state index in [9.17, 15) is 41.0 Å². The highest BCUT2D eigenvalue weighted by Crippen LogP contribution is 2.39. The van der Waals surface area contributed by atoms with Crippen molar-refractivity contribution in [3.8, 4) is 0 Å². The van der Waals surface area contributed by atoms with Gasteiger partial charge in [-0.25, -0.2) is 0 Å². The summed E-state index contributed by atoms with van der Waals surface area (Å²) in [7, 11) is 0. The number of aromatic nitrogens is 2. The zero-order valence-corrected chi connectivity index (χ0v) is 21.4. The lowest BCUT2D eigenvalue weighted by atomic mass is 9.93. The van der Waals surface area contributed by atoms with Crippen LogP contribution in [0, 0.1) is 5.92 Å². The van der Waals surface area contributed by atoms with Gasteiger partial charge in [-0.1, -0.05) is 12.1 Å². The van der Waals surface area contributed by atoms with Gasteiger partial charge < -0.3 is 10.4 Å². The molecule has 14 heteroatoms. The number of aliphatic hydroxyl groups excluding tert-OH is 1. The maximum absolute atomic E-state index is 13.6. The van der Waals surface area contributed by atoms with Crippen molar-refractivity contribution in [2.24, 2.45) is 5.92 Å². The van der Waals surface area contributed by atoms with Crippen LogP contribution in [0.2, 0.25) is 0 Å². The third-order valence-corrected chi connectivity index (χ3v) is 7.87. The lowest BCUT2D eigenvalue weighted by Gasteiger charge is -2.35. The minimum Gasteiger partial charge on any atom is -0.396 e. The lowest BCUT2D eigenvalue weighted by molar-refractivity contribution is -0.143. The predicted octanol–water partition coefficient (Wildman–Crippen LogP) is 5.13. The monoisotopic (exact) mass is 584 g/mol. The van der Waals surface area contributed by atoms with Crippen LogP contribution < -0.4 is 5.32 Å². The summed E-state index contributed by atoms with van der Waals surface area (Å²) in [5.74, 6) is -0.732. The van der Waals surface area contributed by atoms with Crippen molar-refractivity contribution >= 4 is 39.9 Å². The summed E-state index contributed by atoms with van der Waals surface area (Å²) in [6.45, 7) is 0.506. The van der Waals surface area contributed by atoms with E-state index in [0.717, 1.165) is 17.8 Å². The molecule has 40 heavy (non-hydrogen) atoms. The molecular formula is C26H22F6N4O3S. The third kappa shape index (κ3) is 5.47. The highest BCUT2D eigenvalue weighted by Gasteiger charge is 2.43. The molecule has 2 aliphatic heterocycles. The molecule has 3 aromatic rings. The Morgan fingerprint density at radius 2 is 1.85 bits per heavy atom. The number of alkyl halides is 6. The van der Waals surface area contributed by atoms with Gasteiger partial charge in [-0.15, -0.1) is 0 Å². The second kappa shape index (κ2) is 10.6. The Labute approximate surface area is 227 Å². The number of halogens is 6. The number of hydrogen-bond donors (Lipinski definition) is 2. The fourth-order valence-electron chi connectivity index (χ4n) is 4.99. The fraction of sp³-hybridized carbons (Fsp3) is 0.346. The first-order valence-corrected chi connectivity index (χ1v) is 13.0. The molecule has 3 heterocycles. The fourth-order valence-corrected chi connectivity index (χ4v) is 5.88. The molecule has 2 saturated heterocycles. The summed E-state index contributed by atoms with van der Waals surface area (Å²) in [6.07, 6.45) is -6.46. The average molecular weight is 585 g/mol. The number of nitrogens with zero attached hydrogens (tertiary/aromatic N) is 3. The van der Waals surface area contributed by atoms with Crippen LogP contribution in [0.15, 0.2) is 47.5 Å². The maximum Gasteiger partial charge on any atom is 0.416 e. The Hall–Kier alpha value is -3.36. The number of carbonyl (C=O) groups is 2. The molecule has 0 bridgehead atoms. The summed E-state index contributed by atoms with van der Waals surface area (Å²) in [5.41, 5.74) is -2.18. The van der Waals surface area contributed by atoms with Gasteiger partial charge in [0.15, 0.2) is 0 Å². The van der Waals surface area contributed by atoms with Crippen molar-refractivity contribution in [3.63, 3.8) is 0 Å². The van der Waals surface area contributed by atoms with Crippen LogP contribution >= 0.6 is 11.8 Å². The number of hydrogen-bond acceptors (Lipinski definition) is 6. The number of amides is 2. The minimum absolute atomic E-state index is 0.0960. The molecule has 2 atom stereocenters. The Morgan fingerprint density at radius 3 is 2.55 bits per heavy atom. The molecule has 2 aliphatic rings. The van der Waals surface area contributed by atoms with E-state index in [1.807, 2.05) is 0 Å². The molecule has 0 spiro atoms. The molecule has 0 saturated carbocycles. The molecule has 2 amide bonds. The van der Waals surface area contributed by atoms with Crippen LogP contribution in [0.4, 0.5) is 31.1 Å². The normalized spacial score (nSPS) is 21.7. The van der Waals surface area contributed by atoms with Crippen molar-refractivity contribution in [1.29, 1.82) is 0 Å². The van der Waals surface area contributed by atoms with Crippen LogP contribution in [0.3, 0.4) is 0 Å². The number of imide groups is 1. The lowest BCUT2D eigenvalue weighted by Crippen LogP contribution is -2.52. The average Bonchev–Trinajstić information content (AvgIpc) is 3.41. The molecule has 2 unspecified atom stereocenters. The van der Waals surface area contributed by atoms with Crippen molar-refractivity contribution in [2.75, 3.05) is 19.7 Å². The number of thioether (sulfide) groups is 1. The summed E-state index contributed by atoms with van der Waals surface area (Å²) in [5, 5.41) is 17.0. The first-order chi connectivity index (χ1) is 18.9. The van der Waals surface area contributed by atoms with E-state index < -0.39 is 47.2 Å². The molecule has 1 aromatic heterocycles. The van der Waals surface area contributed by atoms with Gasteiger partial charge in [-0.2, -0.15) is 31.4 Å². The van der Waals surface area contributed by atoms with Crippen LogP contribution in [-0.4, -0.2) is 56.7 Å². The summed E-state index contributed by atoms with van der Waals surface area (Å²) >= 11 is 0.791. The van der Waals surface area contributed by atoms with Crippen LogP contribution in [0.1, 0.15) is 28.7 Å². The van der Waals surface area contributed by atoms with Crippen molar-refractivity contribution in [1.82, 2.24) is 20.0 Å². The van der Waals surface area contributed by atoms with E-state index in [0.29, 0.717) is 42.0 Å². The van der Waals surface area contributed by atoms with E-state index in [-0.39, 0.29) is 29.1 Å². The quantitative estimate of drug-likeness (QED) is 0.320. The summed E-state index contributed by atoms with van der Waals surface area (Å²) in [6, 6.07) is 5.90. The highest BCUT2D eigenvalue weighted by atomic mass is 32.2. The van der Waals surface area contributed by atoms with Gasteiger partial charge in [0.05, 0.1) is 34.3 Å². The Morgan fingerprint density at radius 1 is 1.07 bits per heavy atom. The van der Waals surface area contributed by atoms with Gasteiger partial charge in [0.2, 0.25) is 0 Å². The number of nitrogens with one attached hydrogen (secondary N) is 1. The second-order valence-electron chi connectivity index (χ2n) is 9.54. The van der Waals surface area contributed by atoms with Gasteiger partial charge in [-0.3, -0.25) is 19.2 Å². The number of carbonyl (C=O) groups excluding carboxylic acids is 2. The molecule has 2 N–H and O–H groups in total. The van der Waals surface area contributed by atoms with E-state index >= 15 is 0 Å². The molecule has 0 radical (unpaired) electrons. The van der Waals surface area contributed by atoms with Crippen LogP contribution in [0.5, 0.6) is 0 Å². The summed E-state index contributed by atoms with van der Waals surface area (Å²) < 4.78 is 81.0. The maximum atomic E-state index is 13.6. The van der Waals surface area contributed by atoms with Gasteiger partial charge in [-0.05, 0) is 66.2 Å². The topological polar surface area (TPSA) is 87.5 Å². The zero-order chi connectivity index (χ0) is 28.8. The van der Waals surface area contributed by atoms with Crippen molar-refractivity contribution in [3.05, 3.63) is 69.8 Å². The van der Waals surface area contributed by atoms with E-state index in [1.54, 1.807) is 18.2 Å². The van der Waals surface area contributed by atoms with Gasteiger partial charge >= 0.3 is 12.4 Å². The first-order valence-electron chi connectivity index (χ1n) is 12.2. The third-order valence-electron chi connectivity index (χ3n) is 6.98. The van der Waals surface area contributed by atoms with E-state index in [2.05, 4.69) is 10.4 Å². The molecule has 2 fully saturated rings. The van der Waals surface area contributed by atoms with Crippen molar-refractivity contribution < 1.29 is 41.0 Å². The SMILES string of the molecule is O=C1SC(=Cc2ccc3c(cnn3Cc3ccc(C(F)(F)F)cc3C(F)(F)F)c2)C(=O)N1C1CCNCC1CO. The smallest absolute Gasteiger partial charge is 0.396 e. The van der Waals surface area contributed by atoms with Gasteiger partial charge in [0.1, 0.15) is 0 Å². The standard InChI is InChI=1S/C26H22F6N4O3S/c27-25(28,29)18-3-2-15(19(9-18)26(30,31)32)12-35-20-4-1-14(7-16(20)11-34-35)8-22-23(38)36(24(39)40-22)21-5-6-33-10-17(21)13-37/h1-4,7-9,11,17,21,33,37H,5-6,10,12-13H2. The molecule has 0 aliphatic carbocycles. The Bertz CT molecular complexity index is 1500. The van der Waals surface area contributed by atoms with Gasteiger partial charge in [0, 0.05) is 30.5 Å². The number of benzene rings is 2. The van der Waals surface area contributed by atoms with Gasteiger partial charge in [0.25, 0.3) is 11.1 Å². The van der Waals surface area contributed by atoms with Crippen LogP contribution in [0.25, 0.3) is 17.0 Å². The minimum atomic E-state index is -5.00. The molecule has 212 valence electrons. The van der Waals surface area contributed by atoms with Crippen LogP contribution in [-0.2, 0) is 23.7 Å². The van der Waals surface area contributed by atoms with Crippen molar-refractivity contribution in [2.45, 2.75) is 31.4 Å². The number of piperidine rings is 1. The molecule has 2 aromatic carbocycles. The van der Waals surface area contributed by atoms with E-state index in [4.69, 9.17) is 0 Å². The second-order valence-corrected chi connectivity index (χ2v) is 10.5. The largest absolute Gasteiger partial charge is 0.416 e.